The molecule has 1 amide bonds. The molecule has 1 saturated heterocycles. The van der Waals surface area contributed by atoms with Crippen molar-refractivity contribution in [3.63, 3.8) is 0 Å². The Morgan fingerprint density at radius 2 is 2.14 bits per heavy atom. The van der Waals surface area contributed by atoms with Gasteiger partial charge in [-0.05, 0) is 43.4 Å². The largest absolute Gasteiger partial charge is 0.342 e. The van der Waals surface area contributed by atoms with Gasteiger partial charge in [0.1, 0.15) is 0 Å². The highest BCUT2D eigenvalue weighted by Crippen LogP contribution is 2.49. The Labute approximate surface area is 124 Å². The Kier molecular flexibility index (Phi) is 3.16. The van der Waals surface area contributed by atoms with Gasteiger partial charge in [-0.1, -0.05) is 6.42 Å². The first-order chi connectivity index (χ1) is 10.2. The minimum Gasteiger partial charge on any atom is -0.342 e. The second-order valence-electron chi connectivity index (χ2n) is 7.18. The van der Waals surface area contributed by atoms with Crippen LogP contribution < -0.4 is 5.56 Å². The molecule has 0 aromatic carbocycles. The molecule has 21 heavy (non-hydrogen) atoms. The van der Waals surface area contributed by atoms with Crippen LogP contribution in [0, 0.1) is 17.8 Å². The number of aromatic nitrogens is 2. The van der Waals surface area contributed by atoms with Crippen molar-refractivity contribution in [2.24, 2.45) is 17.8 Å². The third-order valence-corrected chi connectivity index (χ3v) is 5.92. The zero-order valence-electron chi connectivity index (χ0n) is 12.3. The van der Waals surface area contributed by atoms with E-state index in [4.69, 9.17) is 0 Å². The third kappa shape index (κ3) is 2.43. The third-order valence-electron chi connectivity index (χ3n) is 5.92. The van der Waals surface area contributed by atoms with Gasteiger partial charge in [-0.2, -0.15) is 0 Å². The Bertz CT molecular complexity index is 590. The van der Waals surface area contributed by atoms with Gasteiger partial charge in [0.2, 0.25) is 5.91 Å². The van der Waals surface area contributed by atoms with Crippen LogP contribution in [-0.4, -0.2) is 34.1 Å². The van der Waals surface area contributed by atoms with Gasteiger partial charge in [0, 0.05) is 37.2 Å². The van der Waals surface area contributed by atoms with Gasteiger partial charge < -0.3 is 10.00 Å². The molecule has 1 aromatic rings. The van der Waals surface area contributed by atoms with E-state index in [0.29, 0.717) is 11.8 Å². The summed E-state index contributed by atoms with van der Waals surface area (Å²) >= 11 is 0. The van der Waals surface area contributed by atoms with E-state index in [1.54, 1.807) is 6.07 Å². The maximum atomic E-state index is 12.5. The summed E-state index contributed by atoms with van der Waals surface area (Å²) < 4.78 is 0. The highest BCUT2D eigenvalue weighted by atomic mass is 16.2. The average molecular weight is 289 g/mol. The summed E-state index contributed by atoms with van der Waals surface area (Å²) in [6.45, 7) is 1.59. The van der Waals surface area contributed by atoms with E-state index < -0.39 is 0 Å². The summed E-state index contributed by atoms with van der Waals surface area (Å²) in [6, 6.07) is 1.62. The summed E-state index contributed by atoms with van der Waals surface area (Å²) in [4.78, 5) is 25.7. The smallest absolute Gasteiger partial charge is 0.264 e. The highest BCUT2D eigenvalue weighted by Gasteiger charge is 2.41. The van der Waals surface area contributed by atoms with E-state index in [1.165, 1.54) is 25.7 Å². The predicted octanol–water partition coefficient (Wildman–Crippen LogP) is 1.85. The molecule has 3 fully saturated rings. The Morgan fingerprint density at radius 3 is 2.81 bits per heavy atom. The number of hydrogen-bond acceptors (Lipinski definition) is 2. The lowest BCUT2D eigenvalue weighted by atomic mass is 9.86. The number of H-pyrrole nitrogens is 2. The van der Waals surface area contributed by atoms with Gasteiger partial charge in [0.25, 0.3) is 5.56 Å². The van der Waals surface area contributed by atoms with E-state index in [0.717, 1.165) is 43.5 Å². The number of nitrogens with zero attached hydrogens (tertiary/aromatic N) is 1. The average Bonchev–Trinajstić information content (AvgIpc) is 3.22. The second-order valence-corrected chi connectivity index (χ2v) is 7.18. The highest BCUT2D eigenvalue weighted by molar-refractivity contribution is 5.77. The van der Waals surface area contributed by atoms with Crippen LogP contribution in [0.25, 0.3) is 0 Å². The molecule has 2 aliphatic carbocycles. The summed E-state index contributed by atoms with van der Waals surface area (Å²) in [5.74, 6) is 2.98. The normalized spacial score (nSPS) is 34.8. The molecule has 4 rings (SSSR count). The van der Waals surface area contributed by atoms with Crippen LogP contribution in [0.4, 0.5) is 0 Å². The van der Waals surface area contributed by atoms with Crippen molar-refractivity contribution >= 4 is 5.91 Å². The van der Waals surface area contributed by atoms with Gasteiger partial charge in [0.15, 0.2) is 0 Å². The topological polar surface area (TPSA) is 69.0 Å². The van der Waals surface area contributed by atoms with Crippen LogP contribution in [0.3, 0.4) is 0 Å². The van der Waals surface area contributed by atoms with Crippen molar-refractivity contribution in [2.45, 2.75) is 44.4 Å². The zero-order valence-corrected chi connectivity index (χ0v) is 12.3. The number of carbonyl (C=O) groups excluding carboxylic acids is 1. The maximum Gasteiger partial charge on any atom is 0.264 e. The summed E-state index contributed by atoms with van der Waals surface area (Å²) in [7, 11) is 0. The summed E-state index contributed by atoms with van der Waals surface area (Å²) in [5.41, 5.74) is 0.854. The zero-order chi connectivity index (χ0) is 14.4. The minimum absolute atomic E-state index is 0.0863. The predicted molar refractivity (Wildman–Crippen MR) is 78.9 cm³/mol. The summed E-state index contributed by atoms with van der Waals surface area (Å²) in [5, 5.41) is 5.51. The number of likely N-dealkylation sites (tertiary alicyclic amines) is 1. The van der Waals surface area contributed by atoms with E-state index in [9.17, 15) is 9.59 Å². The van der Waals surface area contributed by atoms with Gasteiger partial charge in [0.05, 0.1) is 0 Å². The molecule has 5 heteroatoms. The lowest BCUT2D eigenvalue weighted by Gasteiger charge is -2.24. The first-order valence-corrected chi connectivity index (χ1v) is 8.24. The molecule has 4 atom stereocenters. The van der Waals surface area contributed by atoms with Crippen molar-refractivity contribution < 1.29 is 4.79 Å². The van der Waals surface area contributed by atoms with Crippen LogP contribution in [-0.2, 0) is 4.79 Å². The lowest BCUT2D eigenvalue weighted by molar-refractivity contribution is -0.131. The number of nitrogens with one attached hydrogen (secondary N) is 2. The Hall–Kier alpha value is -1.52. The van der Waals surface area contributed by atoms with Gasteiger partial charge in [-0.25, -0.2) is 0 Å². The molecule has 2 saturated carbocycles. The molecule has 2 bridgehead atoms. The minimum atomic E-state index is -0.0863. The maximum absolute atomic E-state index is 12.5. The molecular formula is C16H23N3O2. The number of aromatic amines is 2. The second kappa shape index (κ2) is 5.04. The fourth-order valence-electron chi connectivity index (χ4n) is 4.79. The first-order valence-electron chi connectivity index (χ1n) is 8.24. The molecule has 114 valence electrons. The number of rotatable bonds is 3. The number of fused-ring (bicyclic) bond motifs is 2. The van der Waals surface area contributed by atoms with Crippen molar-refractivity contribution in [1.29, 1.82) is 0 Å². The van der Waals surface area contributed by atoms with E-state index in [2.05, 4.69) is 10.2 Å². The first kappa shape index (κ1) is 13.2. The quantitative estimate of drug-likeness (QED) is 0.891. The van der Waals surface area contributed by atoms with Crippen LogP contribution in [0.15, 0.2) is 10.9 Å². The molecular weight excluding hydrogens is 266 g/mol. The van der Waals surface area contributed by atoms with E-state index in [1.807, 2.05) is 4.90 Å². The lowest BCUT2D eigenvalue weighted by Crippen LogP contribution is -2.31. The monoisotopic (exact) mass is 289 g/mol. The van der Waals surface area contributed by atoms with Crippen LogP contribution >= 0.6 is 0 Å². The fourth-order valence-corrected chi connectivity index (χ4v) is 4.79. The molecule has 3 aliphatic rings. The summed E-state index contributed by atoms with van der Waals surface area (Å²) in [6.07, 6.45) is 7.08. The molecule has 1 aromatic heterocycles. The molecule has 5 nitrogen and oxygen atoms in total. The van der Waals surface area contributed by atoms with Crippen LogP contribution in [0.2, 0.25) is 0 Å². The van der Waals surface area contributed by atoms with Gasteiger partial charge in [-0.3, -0.25) is 14.7 Å². The number of hydrogen-bond donors (Lipinski definition) is 2. The molecule has 4 unspecified atom stereocenters. The number of amides is 1. The Balaban J connectivity index is 1.35. The van der Waals surface area contributed by atoms with E-state index >= 15 is 0 Å². The van der Waals surface area contributed by atoms with Crippen molar-refractivity contribution in [1.82, 2.24) is 15.1 Å². The fraction of sp³-hybridized carbons (Fsp3) is 0.750. The van der Waals surface area contributed by atoms with Crippen LogP contribution in [0.1, 0.15) is 50.1 Å². The van der Waals surface area contributed by atoms with Crippen molar-refractivity contribution in [3.05, 3.63) is 22.1 Å². The standard InChI is InChI=1S/C16H23N3O2/c20-15-8-14(17-18-15)12-3-4-19(9-12)16(21)7-13-6-10-1-2-11(13)5-10/h8,10-13H,1-7,9H2,(H2,17,18,20). The van der Waals surface area contributed by atoms with Crippen molar-refractivity contribution in [2.75, 3.05) is 13.1 Å². The van der Waals surface area contributed by atoms with Gasteiger partial charge in [-0.15, -0.1) is 0 Å². The molecule has 0 radical (unpaired) electrons. The molecule has 2 N–H and O–H groups in total. The van der Waals surface area contributed by atoms with Crippen molar-refractivity contribution in [3.8, 4) is 0 Å². The molecule has 1 aliphatic heterocycles. The van der Waals surface area contributed by atoms with Crippen LogP contribution in [0.5, 0.6) is 0 Å². The Morgan fingerprint density at radius 1 is 1.24 bits per heavy atom. The molecule has 0 spiro atoms. The SMILES string of the molecule is O=C(CC1CC2CCC1C2)N1CCC(c2cc(=O)[nH][nH]2)C1. The number of carbonyl (C=O) groups is 1. The van der Waals surface area contributed by atoms with E-state index in [-0.39, 0.29) is 11.5 Å². The molecule has 2 heterocycles. The van der Waals surface area contributed by atoms with Gasteiger partial charge >= 0.3 is 0 Å².